The predicted octanol–water partition coefficient (Wildman–Crippen LogP) is 1.74. The molecule has 0 spiro atoms. The summed E-state index contributed by atoms with van der Waals surface area (Å²) in [5, 5.41) is 1.44. The van der Waals surface area contributed by atoms with Crippen molar-refractivity contribution >= 4 is 11.6 Å². The highest BCUT2D eigenvalue weighted by Gasteiger charge is 2.19. The van der Waals surface area contributed by atoms with Gasteiger partial charge in [-0.25, -0.2) is 5.06 Å². The van der Waals surface area contributed by atoms with E-state index < -0.39 is 0 Å². The Morgan fingerprint density at radius 1 is 1.44 bits per heavy atom. The van der Waals surface area contributed by atoms with Crippen molar-refractivity contribution in [1.29, 1.82) is 0 Å². The van der Waals surface area contributed by atoms with Crippen molar-refractivity contribution in [3.05, 3.63) is 29.3 Å². The minimum atomic E-state index is -0.0807. The van der Waals surface area contributed by atoms with Gasteiger partial charge in [0.25, 0.3) is 5.91 Å². The van der Waals surface area contributed by atoms with Crippen LogP contribution in [0.4, 0.5) is 5.69 Å². The van der Waals surface area contributed by atoms with E-state index in [4.69, 9.17) is 10.6 Å². The molecule has 2 rings (SSSR count). The minimum absolute atomic E-state index is 0.0807. The summed E-state index contributed by atoms with van der Waals surface area (Å²) < 4.78 is 0. The number of nitrogen functional groups attached to an aromatic ring is 1. The van der Waals surface area contributed by atoms with Gasteiger partial charge < -0.3 is 5.73 Å². The fraction of sp³-hybridized carbons (Fsp3) is 0.417. The standard InChI is InChI=1S/C12H16N2O2/c1-9-8-10(4-5-11(9)13)12(15)14-6-2-3-7-16-14/h4-5,8H,2-3,6-7,13H2,1H3. The average Bonchev–Trinajstić information content (AvgIpc) is 2.33. The maximum Gasteiger partial charge on any atom is 0.277 e. The molecule has 1 fully saturated rings. The second-order valence-electron chi connectivity index (χ2n) is 4.02. The van der Waals surface area contributed by atoms with E-state index in [0.29, 0.717) is 24.4 Å². The van der Waals surface area contributed by atoms with Crippen LogP contribution >= 0.6 is 0 Å². The molecule has 2 N–H and O–H groups in total. The summed E-state index contributed by atoms with van der Waals surface area (Å²) in [6, 6.07) is 5.30. The molecule has 1 aromatic rings. The van der Waals surface area contributed by atoms with E-state index in [1.165, 1.54) is 5.06 Å². The van der Waals surface area contributed by atoms with Crippen LogP contribution in [0.15, 0.2) is 18.2 Å². The van der Waals surface area contributed by atoms with Gasteiger partial charge in [-0.15, -0.1) is 0 Å². The number of carbonyl (C=O) groups is 1. The summed E-state index contributed by atoms with van der Waals surface area (Å²) in [5.41, 5.74) is 7.97. The Morgan fingerprint density at radius 3 is 2.88 bits per heavy atom. The van der Waals surface area contributed by atoms with Crippen molar-refractivity contribution in [2.24, 2.45) is 0 Å². The number of hydroxylamine groups is 2. The van der Waals surface area contributed by atoms with E-state index >= 15 is 0 Å². The lowest BCUT2D eigenvalue weighted by atomic mass is 10.1. The Labute approximate surface area is 94.9 Å². The first-order valence-corrected chi connectivity index (χ1v) is 5.49. The first-order valence-electron chi connectivity index (χ1n) is 5.49. The third-order valence-corrected chi connectivity index (χ3v) is 2.75. The van der Waals surface area contributed by atoms with Gasteiger partial charge in [-0.05, 0) is 43.5 Å². The van der Waals surface area contributed by atoms with E-state index in [2.05, 4.69) is 0 Å². The molecule has 0 atom stereocenters. The monoisotopic (exact) mass is 220 g/mol. The molecule has 1 aliphatic rings. The largest absolute Gasteiger partial charge is 0.399 e. The second kappa shape index (κ2) is 4.53. The number of benzene rings is 1. The number of aryl methyl sites for hydroxylation is 1. The van der Waals surface area contributed by atoms with Crippen LogP contribution in [-0.2, 0) is 4.84 Å². The zero-order valence-corrected chi connectivity index (χ0v) is 9.40. The third-order valence-electron chi connectivity index (χ3n) is 2.75. The number of nitrogens with two attached hydrogens (primary N) is 1. The lowest BCUT2D eigenvalue weighted by molar-refractivity contribution is -0.144. The molecule has 86 valence electrons. The number of rotatable bonds is 1. The molecular formula is C12H16N2O2. The highest BCUT2D eigenvalue weighted by molar-refractivity contribution is 5.94. The van der Waals surface area contributed by atoms with Gasteiger partial charge in [0.2, 0.25) is 0 Å². The molecule has 1 saturated heterocycles. The fourth-order valence-electron chi connectivity index (χ4n) is 1.71. The number of hydrogen-bond acceptors (Lipinski definition) is 3. The molecule has 0 aromatic heterocycles. The molecule has 1 amide bonds. The van der Waals surface area contributed by atoms with Gasteiger partial charge in [0, 0.05) is 17.8 Å². The second-order valence-corrected chi connectivity index (χ2v) is 4.02. The van der Waals surface area contributed by atoms with Crippen LogP contribution in [0.5, 0.6) is 0 Å². The van der Waals surface area contributed by atoms with Crippen molar-refractivity contribution < 1.29 is 9.63 Å². The zero-order valence-electron chi connectivity index (χ0n) is 9.40. The molecule has 1 heterocycles. The third kappa shape index (κ3) is 2.17. The van der Waals surface area contributed by atoms with Crippen LogP contribution in [0.2, 0.25) is 0 Å². The topological polar surface area (TPSA) is 55.6 Å². The average molecular weight is 220 g/mol. The SMILES string of the molecule is Cc1cc(C(=O)N2CCCCO2)ccc1N. The van der Waals surface area contributed by atoms with Crippen LogP contribution in [0.3, 0.4) is 0 Å². The number of carbonyl (C=O) groups excluding carboxylic acids is 1. The summed E-state index contributed by atoms with van der Waals surface area (Å²) in [7, 11) is 0. The molecule has 0 saturated carbocycles. The predicted molar refractivity (Wildman–Crippen MR) is 61.8 cm³/mol. The van der Waals surface area contributed by atoms with Gasteiger partial charge in [0.1, 0.15) is 0 Å². The quantitative estimate of drug-likeness (QED) is 0.733. The maximum absolute atomic E-state index is 12.0. The van der Waals surface area contributed by atoms with Gasteiger partial charge >= 0.3 is 0 Å². The molecule has 0 radical (unpaired) electrons. The van der Waals surface area contributed by atoms with Crippen LogP contribution in [0.1, 0.15) is 28.8 Å². The lowest BCUT2D eigenvalue weighted by Crippen LogP contribution is -2.35. The Morgan fingerprint density at radius 2 is 2.25 bits per heavy atom. The van der Waals surface area contributed by atoms with Crippen molar-refractivity contribution in [2.45, 2.75) is 19.8 Å². The molecule has 1 aromatic carbocycles. The molecule has 4 nitrogen and oxygen atoms in total. The highest BCUT2D eigenvalue weighted by Crippen LogP contribution is 2.16. The van der Waals surface area contributed by atoms with Gasteiger partial charge in [0.05, 0.1) is 6.61 Å². The Kier molecular flexibility index (Phi) is 3.10. The van der Waals surface area contributed by atoms with E-state index in [-0.39, 0.29) is 5.91 Å². The number of anilines is 1. The van der Waals surface area contributed by atoms with Crippen molar-refractivity contribution in [1.82, 2.24) is 5.06 Å². The van der Waals surface area contributed by atoms with Crippen LogP contribution in [0, 0.1) is 6.92 Å². The van der Waals surface area contributed by atoms with Crippen LogP contribution < -0.4 is 5.73 Å². The zero-order chi connectivity index (χ0) is 11.5. The summed E-state index contributed by atoms with van der Waals surface area (Å²) in [4.78, 5) is 17.3. The van der Waals surface area contributed by atoms with E-state index in [1.54, 1.807) is 18.2 Å². The fourth-order valence-corrected chi connectivity index (χ4v) is 1.71. The molecule has 1 aliphatic heterocycles. The Balaban J connectivity index is 2.16. The number of hydrogen-bond donors (Lipinski definition) is 1. The normalized spacial score (nSPS) is 16.2. The van der Waals surface area contributed by atoms with Gasteiger partial charge in [-0.1, -0.05) is 0 Å². The molecular weight excluding hydrogens is 204 g/mol. The first kappa shape index (κ1) is 11.0. The van der Waals surface area contributed by atoms with Crippen molar-refractivity contribution in [2.75, 3.05) is 18.9 Å². The summed E-state index contributed by atoms with van der Waals surface area (Å²) >= 11 is 0. The number of amides is 1. The molecule has 16 heavy (non-hydrogen) atoms. The van der Waals surface area contributed by atoms with Crippen LogP contribution in [0.25, 0.3) is 0 Å². The van der Waals surface area contributed by atoms with Gasteiger partial charge in [-0.2, -0.15) is 0 Å². The highest BCUT2D eigenvalue weighted by atomic mass is 16.7. The smallest absolute Gasteiger partial charge is 0.277 e. The summed E-state index contributed by atoms with van der Waals surface area (Å²) in [5.74, 6) is -0.0807. The van der Waals surface area contributed by atoms with E-state index in [1.807, 2.05) is 6.92 Å². The van der Waals surface area contributed by atoms with Gasteiger partial charge in [-0.3, -0.25) is 9.63 Å². The molecule has 4 heteroatoms. The summed E-state index contributed by atoms with van der Waals surface area (Å²) in [6.45, 7) is 3.19. The lowest BCUT2D eigenvalue weighted by Gasteiger charge is -2.26. The molecule has 0 unspecified atom stereocenters. The van der Waals surface area contributed by atoms with Gasteiger partial charge in [0.15, 0.2) is 0 Å². The molecule has 0 aliphatic carbocycles. The van der Waals surface area contributed by atoms with Crippen molar-refractivity contribution in [3.8, 4) is 0 Å². The Bertz CT molecular complexity index is 398. The maximum atomic E-state index is 12.0. The van der Waals surface area contributed by atoms with E-state index in [9.17, 15) is 4.79 Å². The van der Waals surface area contributed by atoms with E-state index in [0.717, 1.165) is 18.4 Å². The summed E-state index contributed by atoms with van der Waals surface area (Å²) in [6.07, 6.45) is 2.02. The van der Waals surface area contributed by atoms with Crippen molar-refractivity contribution in [3.63, 3.8) is 0 Å². The molecule has 0 bridgehead atoms. The first-order chi connectivity index (χ1) is 7.68. The Hall–Kier alpha value is -1.55. The minimum Gasteiger partial charge on any atom is -0.399 e. The van der Waals surface area contributed by atoms with Crippen LogP contribution in [-0.4, -0.2) is 24.1 Å². The number of nitrogens with zero attached hydrogens (tertiary/aromatic N) is 1.